The van der Waals surface area contributed by atoms with Crippen LogP contribution in [0.3, 0.4) is 0 Å². The molecule has 6 heteroatoms. The molecule has 0 aliphatic heterocycles. The predicted molar refractivity (Wildman–Crippen MR) is 83.4 cm³/mol. The summed E-state index contributed by atoms with van der Waals surface area (Å²) in [6.45, 7) is 0.386. The summed E-state index contributed by atoms with van der Waals surface area (Å²) in [5, 5.41) is 9.08. The van der Waals surface area contributed by atoms with Crippen molar-refractivity contribution in [3.05, 3.63) is 76.5 Å². The van der Waals surface area contributed by atoms with Crippen molar-refractivity contribution in [2.75, 3.05) is 6.54 Å². The molecule has 0 saturated heterocycles. The monoisotopic (exact) mass is 315 g/mol. The first-order chi connectivity index (χ1) is 10.7. The molecular weight excluding hydrogens is 301 g/mol. The highest BCUT2D eigenvalue weighted by molar-refractivity contribution is 7.10. The summed E-state index contributed by atoms with van der Waals surface area (Å²) >= 11 is 1.61. The number of nitrogens with one attached hydrogen (secondary N) is 1. The molecule has 4 nitrogen and oxygen atoms in total. The molecule has 2 heterocycles. The Balaban J connectivity index is 1.73. The first-order valence-electron chi connectivity index (χ1n) is 6.80. The van der Waals surface area contributed by atoms with Gasteiger partial charge in [-0.1, -0.05) is 12.1 Å². The number of nitrogens with zero attached hydrogens (tertiary/aromatic N) is 2. The maximum absolute atomic E-state index is 13.2. The fraction of sp³-hybridized carbons (Fsp3) is 0.125. The number of rotatable bonds is 5. The predicted octanol–water partition coefficient (Wildman–Crippen LogP) is 3.10. The minimum absolute atomic E-state index is 0.0764. The zero-order chi connectivity index (χ0) is 15.4. The molecule has 0 radical (unpaired) electrons. The van der Waals surface area contributed by atoms with Gasteiger partial charge in [0.15, 0.2) is 0 Å². The molecule has 1 N–H and O–H groups in total. The molecule has 1 unspecified atom stereocenters. The van der Waals surface area contributed by atoms with E-state index in [4.69, 9.17) is 0 Å². The van der Waals surface area contributed by atoms with E-state index in [0.29, 0.717) is 12.1 Å². The van der Waals surface area contributed by atoms with Crippen LogP contribution < -0.4 is 5.32 Å². The molecule has 1 aromatic carbocycles. The van der Waals surface area contributed by atoms with Crippen molar-refractivity contribution in [1.29, 1.82) is 0 Å². The Labute approximate surface area is 131 Å². The number of aromatic nitrogens is 2. The van der Waals surface area contributed by atoms with Gasteiger partial charge in [-0.15, -0.1) is 11.3 Å². The molecule has 0 fully saturated rings. The van der Waals surface area contributed by atoms with Gasteiger partial charge in [0.2, 0.25) is 0 Å². The number of carbonyl (C=O) groups is 1. The van der Waals surface area contributed by atoms with Crippen LogP contribution in [-0.4, -0.2) is 22.2 Å². The summed E-state index contributed by atoms with van der Waals surface area (Å²) in [5.41, 5.74) is 0.311. The quantitative estimate of drug-likeness (QED) is 0.786. The van der Waals surface area contributed by atoms with E-state index in [1.807, 2.05) is 29.8 Å². The fourth-order valence-corrected chi connectivity index (χ4v) is 3.01. The minimum atomic E-state index is -0.422. The number of thiophene rings is 1. The minimum Gasteiger partial charge on any atom is -0.350 e. The molecule has 22 heavy (non-hydrogen) atoms. The Morgan fingerprint density at radius 1 is 1.32 bits per heavy atom. The molecular formula is C16H14FN3OS. The van der Waals surface area contributed by atoms with E-state index >= 15 is 0 Å². The molecule has 1 atom stereocenters. The van der Waals surface area contributed by atoms with Crippen LogP contribution in [0.5, 0.6) is 0 Å². The lowest BCUT2D eigenvalue weighted by molar-refractivity contribution is 0.0949. The van der Waals surface area contributed by atoms with Gasteiger partial charge in [0.25, 0.3) is 5.91 Å². The number of halogens is 1. The lowest BCUT2D eigenvalue weighted by atomic mass is 10.2. The lowest BCUT2D eigenvalue weighted by Gasteiger charge is -2.17. The van der Waals surface area contributed by atoms with Crippen molar-refractivity contribution >= 4 is 17.2 Å². The SMILES string of the molecule is O=C(NCC(c1cccs1)n1cccn1)c1cccc(F)c1. The smallest absolute Gasteiger partial charge is 0.251 e. The maximum atomic E-state index is 13.2. The van der Waals surface area contributed by atoms with E-state index in [1.54, 1.807) is 28.3 Å². The van der Waals surface area contributed by atoms with Gasteiger partial charge in [-0.2, -0.15) is 5.10 Å². The maximum Gasteiger partial charge on any atom is 0.251 e. The van der Waals surface area contributed by atoms with Gasteiger partial charge in [0, 0.05) is 29.4 Å². The summed E-state index contributed by atoms with van der Waals surface area (Å²) < 4.78 is 15.0. The van der Waals surface area contributed by atoms with Gasteiger partial charge in [-0.3, -0.25) is 9.48 Å². The molecule has 0 aliphatic rings. The van der Waals surface area contributed by atoms with Crippen molar-refractivity contribution in [3.63, 3.8) is 0 Å². The van der Waals surface area contributed by atoms with Crippen molar-refractivity contribution in [2.24, 2.45) is 0 Å². The first-order valence-corrected chi connectivity index (χ1v) is 7.68. The van der Waals surface area contributed by atoms with E-state index in [1.165, 1.54) is 18.2 Å². The largest absolute Gasteiger partial charge is 0.350 e. The highest BCUT2D eigenvalue weighted by Gasteiger charge is 2.17. The third-order valence-corrected chi connectivity index (χ3v) is 4.23. The van der Waals surface area contributed by atoms with Crippen LogP contribution in [0.1, 0.15) is 21.3 Å². The average molecular weight is 315 g/mol. The highest BCUT2D eigenvalue weighted by atomic mass is 32.1. The van der Waals surface area contributed by atoms with E-state index in [-0.39, 0.29) is 11.9 Å². The summed E-state index contributed by atoms with van der Waals surface area (Å²) in [6, 6.07) is 11.4. The molecule has 1 amide bonds. The standard InChI is InChI=1S/C16H14FN3OS/c17-13-5-1-4-12(10-13)16(21)18-11-14(15-6-2-9-22-15)20-8-3-7-19-20/h1-10,14H,11H2,(H,18,21). The number of carbonyl (C=O) groups excluding carboxylic acids is 1. The van der Waals surface area contributed by atoms with Gasteiger partial charge in [-0.05, 0) is 35.7 Å². The molecule has 0 aliphatic carbocycles. The summed E-state index contributed by atoms with van der Waals surface area (Å²) in [7, 11) is 0. The Hall–Kier alpha value is -2.47. The second kappa shape index (κ2) is 6.53. The zero-order valence-electron chi connectivity index (χ0n) is 11.6. The van der Waals surface area contributed by atoms with Crippen LogP contribution in [0.25, 0.3) is 0 Å². The first kappa shape index (κ1) is 14.5. The van der Waals surface area contributed by atoms with Crippen molar-refractivity contribution in [3.8, 4) is 0 Å². The zero-order valence-corrected chi connectivity index (χ0v) is 12.5. The molecule has 3 rings (SSSR count). The summed E-state index contributed by atoms with van der Waals surface area (Å²) in [5.74, 6) is -0.720. The second-order valence-electron chi connectivity index (χ2n) is 4.74. The van der Waals surface area contributed by atoms with Gasteiger partial charge in [0.05, 0.1) is 0 Å². The Bertz CT molecular complexity index is 706. The molecule has 0 bridgehead atoms. The van der Waals surface area contributed by atoms with Crippen LogP contribution in [0.4, 0.5) is 4.39 Å². The number of amides is 1. The molecule has 112 valence electrons. The van der Waals surface area contributed by atoms with Crippen molar-refractivity contribution in [2.45, 2.75) is 6.04 Å². The van der Waals surface area contributed by atoms with Crippen molar-refractivity contribution in [1.82, 2.24) is 15.1 Å². The van der Waals surface area contributed by atoms with Crippen molar-refractivity contribution < 1.29 is 9.18 Å². The topological polar surface area (TPSA) is 46.9 Å². The fourth-order valence-electron chi connectivity index (χ4n) is 2.19. The average Bonchev–Trinajstić information content (AvgIpc) is 3.21. The number of benzene rings is 1. The van der Waals surface area contributed by atoms with Gasteiger partial charge in [0.1, 0.15) is 11.9 Å². The van der Waals surface area contributed by atoms with Gasteiger partial charge >= 0.3 is 0 Å². The van der Waals surface area contributed by atoms with Gasteiger partial charge in [-0.25, -0.2) is 4.39 Å². The van der Waals surface area contributed by atoms with Crippen LogP contribution in [0.15, 0.2) is 60.2 Å². The Kier molecular flexibility index (Phi) is 4.29. The molecule has 2 aromatic heterocycles. The van der Waals surface area contributed by atoms with E-state index in [0.717, 1.165) is 4.88 Å². The molecule has 0 spiro atoms. The van der Waals surface area contributed by atoms with Crippen LogP contribution in [-0.2, 0) is 0 Å². The van der Waals surface area contributed by atoms with Crippen LogP contribution in [0.2, 0.25) is 0 Å². The van der Waals surface area contributed by atoms with E-state index in [2.05, 4.69) is 10.4 Å². The highest BCUT2D eigenvalue weighted by Crippen LogP contribution is 2.22. The van der Waals surface area contributed by atoms with Crippen LogP contribution >= 0.6 is 11.3 Å². The molecule has 0 saturated carbocycles. The number of hydrogen-bond acceptors (Lipinski definition) is 3. The van der Waals surface area contributed by atoms with Gasteiger partial charge < -0.3 is 5.32 Å². The molecule has 3 aromatic rings. The summed E-state index contributed by atoms with van der Waals surface area (Å²) in [6.07, 6.45) is 3.56. The lowest BCUT2D eigenvalue weighted by Crippen LogP contribution is -2.31. The Morgan fingerprint density at radius 2 is 2.23 bits per heavy atom. The van der Waals surface area contributed by atoms with Crippen LogP contribution in [0, 0.1) is 5.82 Å². The third-order valence-electron chi connectivity index (χ3n) is 3.26. The Morgan fingerprint density at radius 3 is 2.91 bits per heavy atom. The number of hydrogen-bond donors (Lipinski definition) is 1. The summed E-state index contributed by atoms with van der Waals surface area (Å²) in [4.78, 5) is 13.2. The normalized spacial score (nSPS) is 12.0. The second-order valence-corrected chi connectivity index (χ2v) is 5.72. The third kappa shape index (κ3) is 3.23. The van der Waals surface area contributed by atoms with E-state index < -0.39 is 5.82 Å². The van der Waals surface area contributed by atoms with E-state index in [9.17, 15) is 9.18 Å².